The average Bonchev–Trinajstić information content (AvgIpc) is 2.70. The summed E-state index contributed by atoms with van der Waals surface area (Å²) in [4.78, 5) is 24.4. The van der Waals surface area contributed by atoms with Crippen LogP contribution in [0.2, 0.25) is 0 Å². The van der Waals surface area contributed by atoms with Crippen LogP contribution in [-0.2, 0) is 4.74 Å². The summed E-state index contributed by atoms with van der Waals surface area (Å²) in [6.07, 6.45) is 6.73. The highest BCUT2D eigenvalue weighted by Crippen LogP contribution is 2.12. The van der Waals surface area contributed by atoms with Crippen molar-refractivity contribution >= 4 is 24.4 Å². The number of carbonyl (C=O) groups is 2. The van der Waals surface area contributed by atoms with Gasteiger partial charge in [-0.3, -0.25) is 4.79 Å². The van der Waals surface area contributed by atoms with Crippen molar-refractivity contribution in [1.29, 1.82) is 0 Å². The van der Waals surface area contributed by atoms with Crippen LogP contribution in [-0.4, -0.2) is 24.1 Å². The van der Waals surface area contributed by atoms with Gasteiger partial charge in [0, 0.05) is 11.1 Å². The molecule has 0 N–H and O–H groups in total. The molecule has 0 aromatic heterocycles. The molecule has 0 saturated carbocycles. The van der Waals surface area contributed by atoms with Crippen molar-refractivity contribution in [2.45, 2.75) is 38.5 Å². The summed E-state index contributed by atoms with van der Waals surface area (Å²) >= 11 is 4.20. The molecule has 0 amide bonds. The zero-order valence-corrected chi connectivity index (χ0v) is 15.9. The number of ketones is 1. The van der Waals surface area contributed by atoms with Gasteiger partial charge >= 0.3 is 5.97 Å². The molecule has 0 aliphatic carbocycles. The Morgan fingerprint density at radius 1 is 0.692 bits per heavy atom. The Hall–Kier alpha value is -2.07. The first-order chi connectivity index (χ1) is 12.7. The van der Waals surface area contributed by atoms with Crippen LogP contribution in [0.4, 0.5) is 0 Å². The van der Waals surface area contributed by atoms with E-state index in [-0.39, 0.29) is 11.8 Å². The Balaban J connectivity index is 1.74. The molecule has 0 aliphatic rings. The monoisotopic (exact) mass is 370 g/mol. The number of benzene rings is 2. The van der Waals surface area contributed by atoms with E-state index in [9.17, 15) is 9.59 Å². The summed E-state index contributed by atoms with van der Waals surface area (Å²) in [5, 5.41) is 0. The number of ether oxygens (including phenoxy) is 1. The summed E-state index contributed by atoms with van der Waals surface area (Å²) < 4.78 is 5.30. The van der Waals surface area contributed by atoms with E-state index in [1.165, 1.54) is 25.7 Å². The van der Waals surface area contributed by atoms with Crippen LogP contribution in [0, 0.1) is 0 Å². The van der Waals surface area contributed by atoms with Crippen LogP contribution >= 0.6 is 12.6 Å². The van der Waals surface area contributed by atoms with Crippen LogP contribution in [0.3, 0.4) is 0 Å². The Morgan fingerprint density at radius 2 is 1.23 bits per heavy atom. The first kappa shape index (κ1) is 20.2. The molecule has 0 aliphatic heterocycles. The minimum atomic E-state index is -0.334. The number of unbranched alkanes of at least 4 members (excludes halogenated alkanes) is 5. The van der Waals surface area contributed by atoms with Gasteiger partial charge in [-0.25, -0.2) is 4.79 Å². The molecular formula is C22H26O3S. The lowest BCUT2D eigenvalue weighted by Crippen LogP contribution is -2.07. The summed E-state index contributed by atoms with van der Waals surface area (Å²) in [7, 11) is 0. The summed E-state index contributed by atoms with van der Waals surface area (Å²) in [5.74, 6) is 0.565. The highest BCUT2D eigenvalue weighted by atomic mass is 32.1. The van der Waals surface area contributed by atoms with Crippen LogP contribution in [0.1, 0.15) is 64.8 Å². The van der Waals surface area contributed by atoms with E-state index in [1.807, 2.05) is 18.2 Å². The number of esters is 1. The highest BCUT2D eigenvalue weighted by molar-refractivity contribution is 7.80. The van der Waals surface area contributed by atoms with Gasteiger partial charge in [0.1, 0.15) is 0 Å². The lowest BCUT2D eigenvalue weighted by molar-refractivity contribution is 0.0497. The molecule has 2 aromatic carbocycles. The van der Waals surface area contributed by atoms with E-state index in [0.717, 1.165) is 18.6 Å². The summed E-state index contributed by atoms with van der Waals surface area (Å²) in [5.41, 5.74) is 1.68. The molecule has 138 valence electrons. The zero-order chi connectivity index (χ0) is 18.6. The third kappa shape index (κ3) is 6.68. The second kappa shape index (κ2) is 11.5. The van der Waals surface area contributed by atoms with Crippen molar-refractivity contribution < 1.29 is 14.3 Å². The number of thiol groups is 1. The molecule has 0 fully saturated rings. The molecule has 0 heterocycles. The van der Waals surface area contributed by atoms with Gasteiger partial charge in [-0.05, 0) is 30.7 Å². The fourth-order valence-corrected chi connectivity index (χ4v) is 2.91. The predicted octanol–water partition coefficient (Wildman–Crippen LogP) is 5.34. The van der Waals surface area contributed by atoms with Crippen molar-refractivity contribution in [2.24, 2.45) is 0 Å². The molecule has 2 aromatic rings. The Morgan fingerprint density at radius 3 is 1.88 bits per heavy atom. The number of carbonyl (C=O) groups excluding carboxylic acids is 2. The smallest absolute Gasteiger partial charge is 0.338 e. The maximum absolute atomic E-state index is 12.3. The Kier molecular flexibility index (Phi) is 8.98. The molecule has 3 nitrogen and oxygen atoms in total. The van der Waals surface area contributed by atoms with Crippen molar-refractivity contribution in [3.8, 4) is 0 Å². The number of hydrogen-bond donors (Lipinski definition) is 1. The minimum Gasteiger partial charge on any atom is -0.462 e. The average molecular weight is 371 g/mol. The fourth-order valence-electron chi connectivity index (χ4n) is 2.68. The van der Waals surface area contributed by atoms with Crippen LogP contribution < -0.4 is 0 Å². The van der Waals surface area contributed by atoms with Gasteiger partial charge in [-0.1, -0.05) is 68.1 Å². The third-order valence-corrected chi connectivity index (χ3v) is 4.52. The predicted molar refractivity (Wildman–Crippen MR) is 108 cm³/mol. The van der Waals surface area contributed by atoms with Crippen molar-refractivity contribution in [1.82, 2.24) is 0 Å². The van der Waals surface area contributed by atoms with Gasteiger partial charge < -0.3 is 4.74 Å². The van der Waals surface area contributed by atoms with Crippen LogP contribution in [0.25, 0.3) is 0 Å². The molecule has 0 unspecified atom stereocenters. The molecule has 26 heavy (non-hydrogen) atoms. The van der Waals surface area contributed by atoms with Crippen molar-refractivity contribution in [3.63, 3.8) is 0 Å². The topological polar surface area (TPSA) is 43.4 Å². The second-order valence-electron chi connectivity index (χ2n) is 6.25. The Bertz CT molecular complexity index is 680. The lowest BCUT2D eigenvalue weighted by atomic mass is 10.0. The molecule has 4 heteroatoms. The van der Waals surface area contributed by atoms with E-state index >= 15 is 0 Å². The van der Waals surface area contributed by atoms with Gasteiger partial charge in [0.2, 0.25) is 0 Å². The fraction of sp³-hybridized carbons (Fsp3) is 0.364. The number of rotatable bonds is 11. The van der Waals surface area contributed by atoms with Gasteiger partial charge in [0.15, 0.2) is 5.78 Å². The SMILES string of the molecule is O=C(OCCCCCCCCS)c1ccc(C(=O)c2ccccc2)cc1. The van der Waals surface area contributed by atoms with Crippen LogP contribution in [0.5, 0.6) is 0 Å². The highest BCUT2D eigenvalue weighted by Gasteiger charge is 2.11. The molecule has 0 spiro atoms. The van der Waals surface area contributed by atoms with Crippen molar-refractivity contribution in [2.75, 3.05) is 12.4 Å². The van der Waals surface area contributed by atoms with E-state index < -0.39 is 0 Å². The van der Waals surface area contributed by atoms with E-state index in [1.54, 1.807) is 36.4 Å². The van der Waals surface area contributed by atoms with Gasteiger partial charge in [-0.15, -0.1) is 0 Å². The maximum Gasteiger partial charge on any atom is 0.338 e. The van der Waals surface area contributed by atoms with Crippen molar-refractivity contribution in [3.05, 3.63) is 71.3 Å². The van der Waals surface area contributed by atoms with Gasteiger partial charge in [-0.2, -0.15) is 12.6 Å². The molecule has 0 radical (unpaired) electrons. The summed E-state index contributed by atoms with van der Waals surface area (Å²) in [6, 6.07) is 15.7. The first-order valence-corrected chi connectivity index (χ1v) is 9.83. The zero-order valence-electron chi connectivity index (χ0n) is 15.0. The standard InChI is InChI=1S/C22H26O3S/c23-21(18-10-6-5-7-11-18)19-12-14-20(15-13-19)22(24)25-16-8-3-1-2-4-9-17-26/h5-7,10-15,26H,1-4,8-9,16-17H2. The molecule has 0 saturated heterocycles. The summed E-state index contributed by atoms with van der Waals surface area (Å²) in [6.45, 7) is 0.441. The normalized spacial score (nSPS) is 10.5. The molecule has 0 bridgehead atoms. The quantitative estimate of drug-likeness (QED) is 0.251. The second-order valence-corrected chi connectivity index (χ2v) is 6.70. The first-order valence-electron chi connectivity index (χ1n) is 9.20. The van der Waals surface area contributed by atoms with Gasteiger partial charge in [0.05, 0.1) is 12.2 Å². The molecule has 0 atom stereocenters. The Labute approximate surface area is 161 Å². The minimum absolute atomic E-state index is 0.0524. The largest absolute Gasteiger partial charge is 0.462 e. The molecular weight excluding hydrogens is 344 g/mol. The van der Waals surface area contributed by atoms with E-state index in [0.29, 0.717) is 23.3 Å². The van der Waals surface area contributed by atoms with Gasteiger partial charge in [0.25, 0.3) is 0 Å². The lowest BCUT2D eigenvalue weighted by Gasteiger charge is -2.06. The van der Waals surface area contributed by atoms with E-state index in [2.05, 4.69) is 12.6 Å². The third-order valence-electron chi connectivity index (χ3n) is 4.20. The van der Waals surface area contributed by atoms with Crippen LogP contribution in [0.15, 0.2) is 54.6 Å². The van der Waals surface area contributed by atoms with E-state index in [4.69, 9.17) is 4.74 Å². The maximum atomic E-state index is 12.3. The molecule has 2 rings (SSSR count). The number of hydrogen-bond acceptors (Lipinski definition) is 4.